The minimum Gasteiger partial charge on any atom is -0.494 e. The molecule has 0 unspecified atom stereocenters. The van der Waals surface area contributed by atoms with Gasteiger partial charge in [0.2, 0.25) is 5.95 Å². The van der Waals surface area contributed by atoms with Crippen molar-refractivity contribution in [1.29, 1.82) is 0 Å². The van der Waals surface area contributed by atoms with Crippen molar-refractivity contribution in [3.8, 4) is 5.75 Å². The molecule has 0 saturated heterocycles. The normalized spacial score (nSPS) is 11.2. The highest BCUT2D eigenvalue weighted by Gasteiger charge is 2.08. The molecule has 2 aromatic carbocycles. The van der Waals surface area contributed by atoms with E-state index < -0.39 is 0 Å². The molecule has 0 radical (unpaired) electrons. The molecule has 0 aliphatic rings. The van der Waals surface area contributed by atoms with Gasteiger partial charge < -0.3 is 24.9 Å². The SMILES string of the molecule is CCOc1ccc2[nH]cc(CCNc3nccc(Nc4cccc5c4ccn5C)n3)c2c1. The highest BCUT2D eigenvalue weighted by atomic mass is 16.5. The summed E-state index contributed by atoms with van der Waals surface area (Å²) in [6.45, 7) is 3.38. The Hall–Kier alpha value is -4.00. The maximum Gasteiger partial charge on any atom is 0.224 e. The molecule has 7 heteroatoms. The quantitative estimate of drug-likeness (QED) is 0.316. The Kier molecular flexibility index (Phi) is 5.37. The van der Waals surface area contributed by atoms with Crippen LogP contribution in [0.4, 0.5) is 17.5 Å². The molecule has 0 bridgehead atoms. The molecular weight excluding hydrogens is 400 g/mol. The number of fused-ring (bicyclic) bond motifs is 2. The van der Waals surface area contributed by atoms with E-state index in [2.05, 4.69) is 72.9 Å². The molecule has 5 rings (SSSR count). The molecule has 3 aromatic heterocycles. The standard InChI is InChI=1S/C25H26N6O/c1-3-32-18-7-8-21-20(15-18)17(16-28-21)9-12-26-25-27-13-10-24(30-25)29-22-5-4-6-23-19(22)11-14-31(23)2/h4-8,10-11,13-16,28H,3,9,12H2,1-2H3,(H2,26,27,29,30). The van der Waals surface area contributed by atoms with E-state index >= 15 is 0 Å². The van der Waals surface area contributed by atoms with Gasteiger partial charge in [0.15, 0.2) is 0 Å². The third-order valence-corrected chi connectivity index (χ3v) is 5.57. The van der Waals surface area contributed by atoms with Gasteiger partial charge in [-0.1, -0.05) is 6.07 Å². The molecule has 0 fully saturated rings. The van der Waals surface area contributed by atoms with E-state index in [1.807, 2.05) is 32.2 Å². The maximum absolute atomic E-state index is 5.64. The van der Waals surface area contributed by atoms with E-state index in [4.69, 9.17) is 4.74 Å². The van der Waals surface area contributed by atoms with Crippen LogP contribution in [0.2, 0.25) is 0 Å². The van der Waals surface area contributed by atoms with Crippen molar-refractivity contribution < 1.29 is 4.74 Å². The number of hydrogen-bond acceptors (Lipinski definition) is 5. The molecule has 0 amide bonds. The Balaban J connectivity index is 1.27. The molecule has 0 saturated carbocycles. The first kappa shape index (κ1) is 19.9. The molecule has 7 nitrogen and oxygen atoms in total. The van der Waals surface area contributed by atoms with Crippen molar-refractivity contribution in [2.45, 2.75) is 13.3 Å². The first-order valence-electron chi connectivity index (χ1n) is 10.8. The maximum atomic E-state index is 5.64. The molecule has 0 aliphatic heterocycles. The van der Waals surface area contributed by atoms with Crippen molar-refractivity contribution in [3.63, 3.8) is 0 Å². The van der Waals surface area contributed by atoms with Gasteiger partial charge in [-0.25, -0.2) is 4.98 Å². The van der Waals surface area contributed by atoms with Crippen molar-refractivity contribution in [3.05, 3.63) is 72.7 Å². The van der Waals surface area contributed by atoms with E-state index in [1.54, 1.807) is 6.20 Å². The van der Waals surface area contributed by atoms with Crippen molar-refractivity contribution in [2.24, 2.45) is 7.05 Å². The number of nitrogens with one attached hydrogen (secondary N) is 3. The lowest BCUT2D eigenvalue weighted by atomic mass is 10.1. The zero-order valence-corrected chi connectivity index (χ0v) is 18.2. The van der Waals surface area contributed by atoms with Gasteiger partial charge in [-0.15, -0.1) is 0 Å². The zero-order valence-electron chi connectivity index (χ0n) is 18.2. The largest absolute Gasteiger partial charge is 0.494 e. The van der Waals surface area contributed by atoms with E-state index in [-0.39, 0.29) is 0 Å². The second-order valence-electron chi connectivity index (χ2n) is 7.69. The average Bonchev–Trinajstić information content (AvgIpc) is 3.38. The Labute approximate surface area is 186 Å². The third-order valence-electron chi connectivity index (χ3n) is 5.57. The second-order valence-corrected chi connectivity index (χ2v) is 7.69. The first-order chi connectivity index (χ1) is 15.7. The highest BCUT2D eigenvalue weighted by Crippen LogP contribution is 2.27. The first-order valence-corrected chi connectivity index (χ1v) is 10.8. The molecule has 32 heavy (non-hydrogen) atoms. The highest BCUT2D eigenvalue weighted by molar-refractivity contribution is 5.93. The second kappa shape index (κ2) is 8.63. The number of hydrogen-bond donors (Lipinski definition) is 3. The van der Waals surface area contributed by atoms with Gasteiger partial charge in [-0.2, -0.15) is 4.98 Å². The van der Waals surface area contributed by atoms with Crippen molar-refractivity contribution in [2.75, 3.05) is 23.8 Å². The lowest BCUT2D eigenvalue weighted by Gasteiger charge is -2.10. The van der Waals surface area contributed by atoms with E-state index in [9.17, 15) is 0 Å². The lowest BCUT2D eigenvalue weighted by molar-refractivity contribution is 0.340. The summed E-state index contributed by atoms with van der Waals surface area (Å²) in [4.78, 5) is 12.3. The summed E-state index contributed by atoms with van der Waals surface area (Å²) in [7, 11) is 2.05. The molecule has 162 valence electrons. The predicted octanol–water partition coefficient (Wildman–Crippen LogP) is 5.25. The molecule has 0 aliphatic carbocycles. The summed E-state index contributed by atoms with van der Waals surface area (Å²) in [5, 5.41) is 9.11. The Morgan fingerprint density at radius 3 is 2.94 bits per heavy atom. The number of anilines is 3. The monoisotopic (exact) mass is 426 g/mol. The van der Waals surface area contributed by atoms with Gasteiger partial charge in [-0.05, 0) is 61.4 Å². The van der Waals surface area contributed by atoms with Crippen LogP contribution < -0.4 is 15.4 Å². The Morgan fingerprint density at radius 1 is 1.09 bits per heavy atom. The number of aromatic amines is 1. The van der Waals surface area contributed by atoms with Crippen LogP contribution in [0, 0.1) is 0 Å². The molecule has 3 heterocycles. The van der Waals surface area contributed by atoms with Crippen molar-refractivity contribution >= 4 is 39.3 Å². The number of aryl methyl sites for hydroxylation is 1. The summed E-state index contributed by atoms with van der Waals surface area (Å²) >= 11 is 0. The van der Waals surface area contributed by atoms with Crippen LogP contribution in [0.5, 0.6) is 5.75 Å². The number of benzene rings is 2. The Morgan fingerprint density at radius 2 is 2.03 bits per heavy atom. The number of nitrogens with zero attached hydrogens (tertiary/aromatic N) is 3. The minimum absolute atomic E-state index is 0.602. The summed E-state index contributed by atoms with van der Waals surface area (Å²) in [5.41, 5.74) is 4.55. The van der Waals surface area contributed by atoms with Gasteiger partial charge >= 0.3 is 0 Å². The predicted molar refractivity (Wildman–Crippen MR) is 130 cm³/mol. The van der Waals surface area contributed by atoms with Gasteiger partial charge in [0, 0.05) is 59.7 Å². The third kappa shape index (κ3) is 3.97. The van der Waals surface area contributed by atoms with Crippen LogP contribution in [-0.4, -0.2) is 32.7 Å². The fraction of sp³-hybridized carbons (Fsp3) is 0.200. The van der Waals surface area contributed by atoms with Gasteiger partial charge in [0.25, 0.3) is 0 Å². The van der Waals surface area contributed by atoms with E-state index in [0.29, 0.717) is 12.6 Å². The van der Waals surface area contributed by atoms with Gasteiger partial charge in [0.05, 0.1) is 6.61 Å². The van der Waals surface area contributed by atoms with Crippen LogP contribution in [0.3, 0.4) is 0 Å². The molecule has 0 spiro atoms. The van der Waals surface area contributed by atoms with Gasteiger partial charge in [0.1, 0.15) is 11.6 Å². The zero-order chi connectivity index (χ0) is 21.9. The summed E-state index contributed by atoms with van der Waals surface area (Å²) in [6.07, 6.45) is 6.73. The molecule has 3 N–H and O–H groups in total. The van der Waals surface area contributed by atoms with Crippen LogP contribution in [-0.2, 0) is 13.5 Å². The topological polar surface area (TPSA) is 79.8 Å². The summed E-state index contributed by atoms with van der Waals surface area (Å²) in [6, 6.07) is 16.3. The summed E-state index contributed by atoms with van der Waals surface area (Å²) < 4.78 is 7.75. The van der Waals surface area contributed by atoms with Crippen LogP contribution in [0.25, 0.3) is 21.8 Å². The fourth-order valence-electron chi connectivity index (χ4n) is 3.99. The molecular formula is C25H26N6O. The average molecular weight is 427 g/mol. The minimum atomic E-state index is 0.602. The van der Waals surface area contributed by atoms with Crippen LogP contribution in [0.1, 0.15) is 12.5 Å². The van der Waals surface area contributed by atoms with Crippen LogP contribution in [0.15, 0.2) is 67.1 Å². The van der Waals surface area contributed by atoms with E-state index in [1.165, 1.54) is 16.5 Å². The number of rotatable bonds is 8. The number of aromatic nitrogens is 4. The van der Waals surface area contributed by atoms with E-state index in [0.717, 1.165) is 41.1 Å². The van der Waals surface area contributed by atoms with Gasteiger partial charge in [-0.3, -0.25) is 0 Å². The number of ether oxygens (including phenoxy) is 1. The fourth-order valence-corrected chi connectivity index (χ4v) is 3.99. The number of H-pyrrole nitrogens is 1. The molecule has 0 atom stereocenters. The lowest BCUT2D eigenvalue weighted by Crippen LogP contribution is -2.08. The smallest absolute Gasteiger partial charge is 0.224 e. The Bertz CT molecular complexity index is 1370. The van der Waals surface area contributed by atoms with Crippen LogP contribution >= 0.6 is 0 Å². The summed E-state index contributed by atoms with van der Waals surface area (Å²) in [5.74, 6) is 2.25. The molecule has 5 aromatic rings. The van der Waals surface area contributed by atoms with Crippen molar-refractivity contribution in [1.82, 2.24) is 19.5 Å².